The highest BCUT2D eigenvalue weighted by Crippen LogP contribution is 2.22. The van der Waals surface area contributed by atoms with Crippen LogP contribution in [0.25, 0.3) is 0 Å². The van der Waals surface area contributed by atoms with Crippen molar-refractivity contribution in [3.8, 4) is 0 Å². The highest BCUT2D eigenvalue weighted by Gasteiger charge is 2.12. The van der Waals surface area contributed by atoms with Crippen LogP contribution in [0.4, 0.5) is 0 Å². The monoisotopic (exact) mass is 318 g/mol. The molecule has 23 heavy (non-hydrogen) atoms. The van der Waals surface area contributed by atoms with E-state index in [4.69, 9.17) is 4.74 Å². The lowest BCUT2D eigenvalue weighted by Crippen LogP contribution is -2.12. The molecule has 1 rings (SSSR count). The summed E-state index contributed by atoms with van der Waals surface area (Å²) in [4.78, 5) is 0. The van der Waals surface area contributed by atoms with Crippen molar-refractivity contribution in [2.45, 2.75) is 79.2 Å². The average Bonchev–Trinajstić information content (AvgIpc) is 2.59. The van der Waals surface area contributed by atoms with Crippen LogP contribution in [0.15, 0.2) is 30.3 Å². The average molecular weight is 319 g/mol. The Morgan fingerprint density at radius 1 is 0.826 bits per heavy atom. The quantitative estimate of drug-likeness (QED) is 0.386. The fourth-order valence-electron chi connectivity index (χ4n) is 2.91. The van der Waals surface area contributed by atoms with Gasteiger partial charge in [-0.05, 0) is 36.2 Å². The smallest absolute Gasteiger partial charge is 0.0717 e. The van der Waals surface area contributed by atoms with Gasteiger partial charge in [-0.3, -0.25) is 0 Å². The summed E-state index contributed by atoms with van der Waals surface area (Å²) in [6.45, 7) is 11.0. The molecule has 0 spiro atoms. The fraction of sp³-hybridized carbons (Fsp3) is 0.727. The van der Waals surface area contributed by atoms with Crippen LogP contribution < -0.4 is 0 Å². The molecule has 0 aliphatic heterocycles. The zero-order chi connectivity index (χ0) is 16.9. The first-order valence-electron chi connectivity index (χ1n) is 9.77. The zero-order valence-corrected chi connectivity index (χ0v) is 15.9. The molecule has 3 atom stereocenters. The van der Waals surface area contributed by atoms with Crippen LogP contribution in [-0.2, 0) is 11.3 Å². The van der Waals surface area contributed by atoms with Crippen molar-refractivity contribution in [1.29, 1.82) is 0 Å². The SMILES string of the molecule is CCC(C)CCCC(CCC(C)CC)COCc1ccccc1. The van der Waals surface area contributed by atoms with Crippen LogP contribution >= 0.6 is 0 Å². The maximum atomic E-state index is 6.03. The molecular weight excluding hydrogens is 280 g/mol. The topological polar surface area (TPSA) is 9.23 Å². The summed E-state index contributed by atoms with van der Waals surface area (Å²) >= 11 is 0. The fourth-order valence-corrected chi connectivity index (χ4v) is 2.91. The Labute approximate surface area is 144 Å². The predicted molar refractivity (Wildman–Crippen MR) is 102 cm³/mol. The van der Waals surface area contributed by atoms with Gasteiger partial charge in [-0.2, -0.15) is 0 Å². The van der Waals surface area contributed by atoms with Crippen molar-refractivity contribution >= 4 is 0 Å². The molecule has 0 aliphatic rings. The van der Waals surface area contributed by atoms with Gasteiger partial charge >= 0.3 is 0 Å². The summed E-state index contributed by atoms with van der Waals surface area (Å²) in [6, 6.07) is 10.5. The van der Waals surface area contributed by atoms with E-state index in [1.54, 1.807) is 0 Å². The van der Waals surface area contributed by atoms with Gasteiger partial charge in [0, 0.05) is 6.61 Å². The number of hydrogen-bond donors (Lipinski definition) is 0. The Morgan fingerprint density at radius 3 is 2.13 bits per heavy atom. The van der Waals surface area contributed by atoms with Gasteiger partial charge in [0.1, 0.15) is 0 Å². The molecular formula is C22H38O. The summed E-state index contributed by atoms with van der Waals surface area (Å²) in [6.07, 6.45) is 9.33. The lowest BCUT2D eigenvalue weighted by Gasteiger charge is -2.20. The molecule has 0 amide bonds. The third-order valence-corrected chi connectivity index (χ3v) is 5.24. The van der Waals surface area contributed by atoms with E-state index in [0.717, 1.165) is 31.0 Å². The number of benzene rings is 1. The second-order valence-electron chi connectivity index (χ2n) is 7.40. The Morgan fingerprint density at radius 2 is 1.48 bits per heavy atom. The maximum absolute atomic E-state index is 6.03. The molecule has 0 saturated carbocycles. The van der Waals surface area contributed by atoms with E-state index >= 15 is 0 Å². The van der Waals surface area contributed by atoms with Gasteiger partial charge in [-0.1, -0.05) is 90.1 Å². The van der Waals surface area contributed by atoms with E-state index < -0.39 is 0 Å². The zero-order valence-electron chi connectivity index (χ0n) is 15.9. The number of hydrogen-bond acceptors (Lipinski definition) is 1. The Kier molecular flexibility index (Phi) is 11.1. The summed E-state index contributed by atoms with van der Waals surface area (Å²) < 4.78 is 6.03. The van der Waals surface area contributed by atoms with Crippen molar-refractivity contribution in [2.75, 3.05) is 6.61 Å². The van der Waals surface area contributed by atoms with Gasteiger partial charge in [-0.25, -0.2) is 0 Å². The van der Waals surface area contributed by atoms with Gasteiger partial charge in [0.05, 0.1) is 6.61 Å². The summed E-state index contributed by atoms with van der Waals surface area (Å²) in [5.41, 5.74) is 1.28. The summed E-state index contributed by atoms with van der Waals surface area (Å²) in [5.74, 6) is 2.45. The molecule has 0 bridgehead atoms. The lowest BCUT2D eigenvalue weighted by molar-refractivity contribution is 0.0775. The minimum Gasteiger partial charge on any atom is -0.376 e. The third kappa shape index (κ3) is 9.81. The number of rotatable bonds is 13. The molecule has 0 saturated heterocycles. The van der Waals surface area contributed by atoms with Gasteiger partial charge in [0.15, 0.2) is 0 Å². The van der Waals surface area contributed by atoms with Crippen molar-refractivity contribution in [1.82, 2.24) is 0 Å². The van der Waals surface area contributed by atoms with Gasteiger partial charge in [0.2, 0.25) is 0 Å². The molecule has 3 unspecified atom stereocenters. The van der Waals surface area contributed by atoms with Crippen molar-refractivity contribution in [3.63, 3.8) is 0 Å². The molecule has 0 fully saturated rings. The molecule has 1 aromatic rings. The predicted octanol–water partition coefficient (Wildman–Crippen LogP) is 6.86. The molecule has 132 valence electrons. The van der Waals surface area contributed by atoms with Crippen LogP contribution in [0.1, 0.15) is 78.2 Å². The van der Waals surface area contributed by atoms with Crippen molar-refractivity contribution in [2.24, 2.45) is 17.8 Å². The highest BCUT2D eigenvalue weighted by molar-refractivity contribution is 5.13. The van der Waals surface area contributed by atoms with E-state index in [-0.39, 0.29) is 0 Å². The van der Waals surface area contributed by atoms with Crippen LogP contribution in [0.3, 0.4) is 0 Å². The molecule has 0 aliphatic carbocycles. The van der Waals surface area contributed by atoms with E-state index in [2.05, 4.69) is 58.0 Å². The van der Waals surface area contributed by atoms with Crippen LogP contribution in [-0.4, -0.2) is 6.61 Å². The Bertz CT molecular complexity index is 373. The molecule has 0 heterocycles. The largest absolute Gasteiger partial charge is 0.376 e. The van der Waals surface area contributed by atoms with Crippen LogP contribution in [0.2, 0.25) is 0 Å². The van der Waals surface area contributed by atoms with Crippen LogP contribution in [0, 0.1) is 17.8 Å². The second kappa shape index (κ2) is 12.6. The second-order valence-corrected chi connectivity index (χ2v) is 7.40. The molecule has 0 radical (unpaired) electrons. The molecule has 0 aromatic heterocycles. The first-order valence-corrected chi connectivity index (χ1v) is 9.77. The third-order valence-electron chi connectivity index (χ3n) is 5.24. The standard InChI is InChI=1S/C22H38O/c1-5-19(3)11-10-14-22(16-15-20(4)6-2)18-23-17-21-12-8-7-9-13-21/h7-9,12-13,19-20,22H,5-6,10-11,14-18H2,1-4H3. The maximum Gasteiger partial charge on any atom is 0.0717 e. The Hall–Kier alpha value is -0.820. The first-order chi connectivity index (χ1) is 11.2. The molecule has 0 N–H and O–H groups in total. The Balaban J connectivity index is 2.33. The van der Waals surface area contributed by atoms with Crippen molar-refractivity contribution < 1.29 is 4.74 Å². The first kappa shape index (κ1) is 20.2. The van der Waals surface area contributed by atoms with E-state index in [0.29, 0.717) is 0 Å². The van der Waals surface area contributed by atoms with Gasteiger partial charge in [-0.15, -0.1) is 0 Å². The summed E-state index contributed by atoms with van der Waals surface area (Å²) in [5, 5.41) is 0. The van der Waals surface area contributed by atoms with E-state index in [1.165, 1.54) is 50.5 Å². The summed E-state index contributed by atoms with van der Waals surface area (Å²) in [7, 11) is 0. The molecule has 1 nitrogen and oxygen atoms in total. The van der Waals surface area contributed by atoms with E-state index in [9.17, 15) is 0 Å². The van der Waals surface area contributed by atoms with Crippen LogP contribution in [0.5, 0.6) is 0 Å². The normalized spacial score (nSPS) is 15.3. The molecule has 1 aromatic carbocycles. The van der Waals surface area contributed by atoms with Crippen molar-refractivity contribution in [3.05, 3.63) is 35.9 Å². The highest BCUT2D eigenvalue weighted by atomic mass is 16.5. The number of ether oxygens (including phenoxy) is 1. The lowest BCUT2D eigenvalue weighted by atomic mass is 9.90. The minimum absolute atomic E-state index is 0.733. The van der Waals surface area contributed by atoms with Gasteiger partial charge in [0.25, 0.3) is 0 Å². The van der Waals surface area contributed by atoms with Gasteiger partial charge < -0.3 is 4.74 Å². The minimum atomic E-state index is 0.733. The van der Waals surface area contributed by atoms with E-state index in [1.807, 2.05) is 0 Å². The molecule has 1 heteroatoms.